The Labute approximate surface area is 124 Å². The van der Waals surface area contributed by atoms with E-state index >= 15 is 0 Å². The van der Waals surface area contributed by atoms with Crippen LogP contribution >= 0.6 is 0 Å². The number of hydrogen-bond acceptors (Lipinski definition) is 2. The number of aryl methyl sites for hydroxylation is 1. The first-order valence-electron chi connectivity index (χ1n) is 7.91. The van der Waals surface area contributed by atoms with Gasteiger partial charge in [-0.1, -0.05) is 43.7 Å². The highest BCUT2D eigenvalue weighted by Crippen LogP contribution is 2.23. The van der Waals surface area contributed by atoms with E-state index in [-0.39, 0.29) is 5.54 Å². The van der Waals surface area contributed by atoms with Crippen molar-refractivity contribution in [1.82, 2.24) is 10.2 Å². The minimum absolute atomic E-state index is 0.233. The monoisotopic (exact) mass is 274 g/mol. The third-order valence-electron chi connectivity index (χ3n) is 4.33. The van der Waals surface area contributed by atoms with E-state index in [0.717, 1.165) is 25.6 Å². The lowest BCUT2D eigenvalue weighted by Crippen LogP contribution is -2.61. The fourth-order valence-electron chi connectivity index (χ4n) is 3.12. The smallest absolute Gasteiger partial charge is 0.0281 e. The van der Waals surface area contributed by atoms with E-state index in [1.54, 1.807) is 0 Å². The summed E-state index contributed by atoms with van der Waals surface area (Å²) in [5.74, 6) is 0.759. The lowest BCUT2D eigenvalue weighted by molar-refractivity contribution is 0.0536. The molecule has 0 radical (unpaired) electrons. The summed E-state index contributed by atoms with van der Waals surface area (Å²) < 4.78 is 0. The van der Waals surface area contributed by atoms with Crippen LogP contribution in [0.1, 0.15) is 45.2 Å². The van der Waals surface area contributed by atoms with Crippen LogP contribution in [-0.4, -0.2) is 29.6 Å². The molecule has 0 aromatic heterocycles. The van der Waals surface area contributed by atoms with Crippen molar-refractivity contribution in [1.29, 1.82) is 0 Å². The molecule has 20 heavy (non-hydrogen) atoms. The van der Waals surface area contributed by atoms with Gasteiger partial charge in [-0.25, -0.2) is 0 Å². The van der Waals surface area contributed by atoms with Crippen molar-refractivity contribution in [2.45, 2.75) is 59.2 Å². The minimum Gasteiger partial charge on any atom is -0.311 e. The van der Waals surface area contributed by atoms with Crippen molar-refractivity contribution >= 4 is 0 Å². The Bertz CT molecular complexity index is 437. The molecule has 1 N–H and O–H groups in total. The molecule has 1 heterocycles. The van der Waals surface area contributed by atoms with Crippen molar-refractivity contribution in [2.24, 2.45) is 5.92 Å². The number of benzene rings is 1. The Morgan fingerprint density at radius 2 is 2.10 bits per heavy atom. The summed E-state index contributed by atoms with van der Waals surface area (Å²) in [6.07, 6.45) is 1.26. The van der Waals surface area contributed by atoms with Crippen LogP contribution in [0.15, 0.2) is 24.3 Å². The van der Waals surface area contributed by atoms with Crippen molar-refractivity contribution in [2.75, 3.05) is 13.1 Å². The molecule has 1 aromatic rings. The summed E-state index contributed by atoms with van der Waals surface area (Å²) in [6.45, 7) is 14.8. The maximum Gasteiger partial charge on any atom is 0.0281 e. The van der Waals surface area contributed by atoms with Gasteiger partial charge in [-0.05, 0) is 38.7 Å². The van der Waals surface area contributed by atoms with Crippen molar-refractivity contribution in [3.63, 3.8) is 0 Å². The highest BCUT2D eigenvalue weighted by molar-refractivity contribution is 5.22. The van der Waals surface area contributed by atoms with Gasteiger partial charge in [0, 0.05) is 31.2 Å². The number of piperazine rings is 1. The highest BCUT2D eigenvalue weighted by Gasteiger charge is 2.33. The summed E-state index contributed by atoms with van der Waals surface area (Å²) in [5.41, 5.74) is 3.02. The van der Waals surface area contributed by atoms with E-state index in [1.165, 1.54) is 17.5 Å². The molecule has 1 unspecified atom stereocenters. The second-order valence-electron chi connectivity index (χ2n) is 7.39. The summed E-state index contributed by atoms with van der Waals surface area (Å²) in [5, 5.41) is 3.73. The van der Waals surface area contributed by atoms with Crippen molar-refractivity contribution in [3.8, 4) is 0 Å². The van der Waals surface area contributed by atoms with Crippen molar-refractivity contribution in [3.05, 3.63) is 35.4 Å². The molecule has 0 amide bonds. The van der Waals surface area contributed by atoms with Gasteiger partial charge in [0.15, 0.2) is 0 Å². The van der Waals surface area contributed by atoms with Crippen LogP contribution < -0.4 is 5.32 Å². The molecule has 0 bridgehead atoms. The van der Waals surface area contributed by atoms with E-state index in [0.29, 0.717) is 6.04 Å². The second-order valence-corrected chi connectivity index (χ2v) is 7.39. The zero-order chi connectivity index (χ0) is 14.8. The predicted molar refractivity (Wildman–Crippen MR) is 86.9 cm³/mol. The largest absolute Gasteiger partial charge is 0.311 e. The fraction of sp³-hybridized carbons (Fsp3) is 0.667. The van der Waals surface area contributed by atoms with Gasteiger partial charge in [-0.2, -0.15) is 0 Å². The normalized spacial score (nSPS) is 23.2. The standard InChI is InChI=1S/C18H30N2/c1-14(2)9-17-12-20(18(4,5)13-19-17)11-16-8-6-7-15(3)10-16/h6-8,10,14,17,19H,9,11-13H2,1-5H3. The predicted octanol–water partition coefficient (Wildman–Crippen LogP) is 3.59. The molecule has 1 aliphatic rings. The summed E-state index contributed by atoms with van der Waals surface area (Å²) in [4.78, 5) is 2.64. The Morgan fingerprint density at radius 3 is 2.75 bits per heavy atom. The number of hydrogen-bond donors (Lipinski definition) is 1. The van der Waals surface area contributed by atoms with Crippen LogP contribution in [0.3, 0.4) is 0 Å². The molecular weight excluding hydrogens is 244 g/mol. The molecule has 2 rings (SSSR count). The SMILES string of the molecule is Cc1cccc(CN2CC(CC(C)C)NCC2(C)C)c1. The van der Waals surface area contributed by atoms with Gasteiger partial charge < -0.3 is 5.32 Å². The molecule has 1 aromatic carbocycles. The van der Waals surface area contributed by atoms with Gasteiger partial charge in [-0.15, -0.1) is 0 Å². The first-order valence-corrected chi connectivity index (χ1v) is 7.91. The quantitative estimate of drug-likeness (QED) is 0.902. The van der Waals surface area contributed by atoms with Gasteiger partial charge in [0.05, 0.1) is 0 Å². The summed E-state index contributed by atoms with van der Waals surface area (Å²) in [6, 6.07) is 9.55. The average Bonchev–Trinajstić information content (AvgIpc) is 2.33. The number of nitrogens with zero attached hydrogens (tertiary/aromatic N) is 1. The van der Waals surface area contributed by atoms with Gasteiger partial charge in [0.2, 0.25) is 0 Å². The lowest BCUT2D eigenvalue weighted by Gasteiger charge is -2.46. The average molecular weight is 274 g/mol. The summed E-state index contributed by atoms with van der Waals surface area (Å²) >= 11 is 0. The molecule has 1 atom stereocenters. The number of nitrogens with one attached hydrogen (secondary N) is 1. The Balaban J connectivity index is 2.06. The molecule has 112 valence electrons. The van der Waals surface area contributed by atoms with Crippen molar-refractivity contribution < 1.29 is 0 Å². The minimum atomic E-state index is 0.233. The summed E-state index contributed by atoms with van der Waals surface area (Å²) in [7, 11) is 0. The Morgan fingerprint density at radius 1 is 1.35 bits per heavy atom. The topological polar surface area (TPSA) is 15.3 Å². The highest BCUT2D eigenvalue weighted by atomic mass is 15.3. The van der Waals surface area contributed by atoms with Gasteiger partial charge >= 0.3 is 0 Å². The molecule has 0 saturated carbocycles. The van der Waals surface area contributed by atoms with Gasteiger partial charge in [0.1, 0.15) is 0 Å². The van der Waals surface area contributed by atoms with E-state index in [4.69, 9.17) is 0 Å². The number of rotatable bonds is 4. The molecule has 1 saturated heterocycles. The van der Waals surface area contributed by atoms with E-state index in [2.05, 4.69) is 69.1 Å². The molecule has 2 nitrogen and oxygen atoms in total. The zero-order valence-corrected chi connectivity index (χ0v) is 13.7. The fourth-order valence-corrected chi connectivity index (χ4v) is 3.12. The van der Waals surface area contributed by atoms with Crippen LogP contribution in [0.2, 0.25) is 0 Å². The maximum absolute atomic E-state index is 3.73. The van der Waals surface area contributed by atoms with Gasteiger partial charge in [0.25, 0.3) is 0 Å². The zero-order valence-electron chi connectivity index (χ0n) is 13.7. The second kappa shape index (κ2) is 6.28. The first kappa shape index (κ1) is 15.5. The first-order chi connectivity index (χ1) is 9.37. The lowest BCUT2D eigenvalue weighted by atomic mass is 9.93. The van der Waals surface area contributed by atoms with Crippen LogP contribution in [0.4, 0.5) is 0 Å². The van der Waals surface area contributed by atoms with Crippen LogP contribution in [0.5, 0.6) is 0 Å². The molecule has 1 aliphatic heterocycles. The molecule has 1 fully saturated rings. The third kappa shape index (κ3) is 4.07. The molecule has 0 aliphatic carbocycles. The van der Waals surface area contributed by atoms with Crippen LogP contribution in [-0.2, 0) is 6.54 Å². The van der Waals surface area contributed by atoms with Crippen LogP contribution in [0, 0.1) is 12.8 Å². The Kier molecular flexibility index (Phi) is 4.87. The third-order valence-corrected chi connectivity index (χ3v) is 4.33. The Hall–Kier alpha value is -0.860. The molecular formula is C18H30N2. The molecule has 2 heteroatoms. The molecule has 0 spiro atoms. The van der Waals surface area contributed by atoms with E-state index < -0.39 is 0 Å². The van der Waals surface area contributed by atoms with Crippen LogP contribution in [0.25, 0.3) is 0 Å². The van der Waals surface area contributed by atoms with E-state index in [9.17, 15) is 0 Å². The van der Waals surface area contributed by atoms with Gasteiger partial charge in [-0.3, -0.25) is 4.90 Å². The van der Waals surface area contributed by atoms with E-state index in [1.807, 2.05) is 0 Å². The maximum atomic E-state index is 3.73.